The van der Waals surface area contributed by atoms with Crippen LogP contribution in [0.15, 0.2) is 89.4 Å². The summed E-state index contributed by atoms with van der Waals surface area (Å²) in [6, 6.07) is 30.3. The topological polar surface area (TPSA) is 7.12 Å². The van der Waals surface area contributed by atoms with Crippen molar-refractivity contribution in [2.24, 2.45) is 7.05 Å². The number of halogens is 3. The van der Waals surface area contributed by atoms with Gasteiger partial charge in [-0.2, -0.15) is 4.57 Å². The van der Waals surface area contributed by atoms with E-state index in [0.717, 1.165) is 10.2 Å². The number of aromatic nitrogens is 1. The van der Waals surface area contributed by atoms with Crippen molar-refractivity contribution >= 4 is 56.4 Å². The van der Waals surface area contributed by atoms with E-state index >= 15 is 0 Å². The van der Waals surface area contributed by atoms with Crippen molar-refractivity contribution < 1.29 is 28.5 Å². The number of hydrogen-bond donors (Lipinski definition) is 0. The van der Waals surface area contributed by atoms with Gasteiger partial charge in [-0.3, -0.25) is 0 Å². The Morgan fingerprint density at radius 3 is 1.97 bits per heavy atom. The maximum Gasteiger partial charge on any atom is 0.213 e. The van der Waals surface area contributed by atoms with Crippen LogP contribution >= 0.6 is 38.5 Å². The molecule has 5 heteroatoms. The van der Waals surface area contributed by atoms with Crippen molar-refractivity contribution in [1.29, 1.82) is 0 Å². The van der Waals surface area contributed by atoms with Gasteiger partial charge in [-0.15, -0.1) is 0 Å². The van der Waals surface area contributed by atoms with E-state index in [-0.39, 0.29) is 24.0 Å². The zero-order valence-electron chi connectivity index (χ0n) is 18.8. The largest absolute Gasteiger partial charge is 1.00 e. The van der Waals surface area contributed by atoms with Crippen LogP contribution in [0.3, 0.4) is 0 Å². The number of benzene rings is 3. The van der Waals surface area contributed by atoms with Gasteiger partial charge >= 0.3 is 0 Å². The fourth-order valence-corrected chi connectivity index (χ4v) is 4.24. The summed E-state index contributed by atoms with van der Waals surface area (Å²) < 4.78 is 4.57. The highest BCUT2D eigenvalue weighted by Crippen LogP contribution is 2.27. The molecule has 0 amide bonds. The molecule has 0 bridgehead atoms. The minimum absolute atomic E-state index is 0. The molecule has 0 aliphatic heterocycles. The maximum absolute atomic E-state index is 3.55. The zero-order valence-corrected chi connectivity index (χ0v) is 24.7. The predicted molar refractivity (Wildman–Crippen MR) is 149 cm³/mol. The molecular formula is C28H25BrI2N2. The summed E-state index contributed by atoms with van der Waals surface area (Å²) in [6.07, 6.45) is 4.38. The van der Waals surface area contributed by atoms with Gasteiger partial charge in [0, 0.05) is 51.6 Å². The number of rotatable bonds is 5. The second kappa shape index (κ2) is 11.6. The maximum atomic E-state index is 3.55. The summed E-state index contributed by atoms with van der Waals surface area (Å²) in [4.78, 5) is 2.11. The first-order valence-corrected chi connectivity index (χ1v) is 12.3. The lowest BCUT2D eigenvalue weighted by atomic mass is 10.0. The molecule has 0 N–H and O–H groups in total. The summed E-state index contributed by atoms with van der Waals surface area (Å²) >= 11 is 5.90. The Kier molecular flexibility index (Phi) is 9.12. The summed E-state index contributed by atoms with van der Waals surface area (Å²) in [5.41, 5.74) is 8.32. The van der Waals surface area contributed by atoms with Crippen molar-refractivity contribution in [2.75, 3.05) is 19.0 Å². The molecule has 2 nitrogen and oxygen atoms in total. The van der Waals surface area contributed by atoms with Gasteiger partial charge in [0.1, 0.15) is 7.05 Å². The monoisotopic (exact) mass is 722 g/mol. The molecule has 0 saturated heterocycles. The van der Waals surface area contributed by atoms with Gasteiger partial charge in [0.05, 0.1) is 0 Å². The van der Waals surface area contributed by atoms with Crippen LogP contribution < -0.4 is 33.4 Å². The Labute approximate surface area is 235 Å². The highest BCUT2D eigenvalue weighted by Gasteiger charge is 2.16. The molecule has 168 valence electrons. The van der Waals surface area contributed by atoms with Crippen molar-refractivity contribution in [2.45, 2.75) is 0 Å². The Morgan fingerprint density at radius 2 is 1.36 bits per heavy atom. The van der Waals surface area contributed by atoms with Gasteiger partial charge in [0.2, 0.25) is 11.4 Å². The number of pyridine rings is 1. The van der Waals surface area contributed by atoms with Crippen LogP contribution in [-0.4, -0.2) is 14.1 Å². The van der Waals surface area contributed by atoms with Crippen molar-refractivity contribution in [3.8, 4) is 22.4 Å². The van der Waals surface area contributed by atoms with Crippen LogP contribution in [0.5, 0.6) is 0 Å². The highest BCUT2D eigenvalue weighted by molar-refractivity contribution is 14.1. The molecule has 0 radical (unpaired) electrons. The predicted octanol–water partition coefficient (Wildman–Crippen LogP) is 4.45. The van der Waals surface area contributed by atoms with E-state index in [1.807, 2.05) is 0 Å². The second-order valence-electron chi connectivity index (χ2n) is 7.95. The fourth-order valence-electron chi connectivity index (χ4n) is 3.61. The van der Waals surface area contributed by atoms with Crippen molar-refractivity contribution in [3.05, 3.63) is 104 Å². The molecule has 0 unspecified atom stereocenters. The van der Waals surface area contributed by atoms with Crippen LogP contribution in [0.2, 0.25) is 0 Å². The first-order chi connectivity index (χ1) is 15.4. The van der Waals surface area contributed by atoms with Crippen molar-refractivity contribution in [1.82, 2.24) is 0 Å². The van der Waals surface area contributed by atoms with E-state index in [1.165, 1.54) is 37.2 Å². The van der Waals surface area contributed by atoms with E-state index in [1.54, 1.807) is 0 Å². The minimum atomic E-state index is 0. The lowest BCUT2D eigenvalue weighted by Gasteiger charge is -2.11. The molecule has 1 aromatic heterocycles. The first-order valence-electron chi connectivity index (χ1n) is 10.4. The number of hydrogen-bond acceptors (Lipinski definition) is 1. The average molecular weight is 723 g/mol. The van der Waals surface area contributed by atoms with Gasteiger partial charge in [-0.25, -0.2) is 0 Å². The molecule has 3 aromatic carbocycles. The van der Waals surface area contributed by atoms with Crippen LogP contribution in [0.1, 0.15) is 11.3 Å². The van der Waals surface area contributed by atoms with E-state index in [4.69, 9.17) is 0 Å². The SMILES string of the molecule is CN(C)c1ccc(C=Cc2cc(-c3ccc(I)cc3)cc(-c3ccc(Br)cc3)[n+]2C)cc1.[I-]. The standard InChI is InChI=1S/C28H25BrIN2.HI/c1-31(2)26-15-4-20(5-16-26)6-17-27-18-23(21-9-13-25(30)14-10-21)19-28(32(27)3)22-7-11-24(29)12-8-22;/h4-19H,1-3H3;1H/q+1;/p-1. The zero-order chi connectivity index (χ0) is 22.7. The molecule has 0 aliphatic rings. The Balaban J connectivity index is 0.00000306. The Hall–Kier alpha value is -1.71. The third-order valence-electron chi connectivity index (χ3n) is 5.52. The summed E-state index contributed by atoms with van der Waals surface area (Å²) in [5.74, 6) is 0. The van der Waals surface area contributed by atoms with Crippen LogP contribution in [0.4, 0.5) is 5.69 Å². The van der Waals surface area contributed by atoms with Crippen LogP contribution in [-0.2, 0) is 7.05 Å². The molecule has 4 rings (SSSR count). The lowest BCUT2D eigenvalue weighted by molar-refractivity contribution is -0.662. The van der Waals surface area contributed by atoms with Gasteiger partial charge in [0.25, 0.3) is 0 Å². The summed E-state index contributed by atoms with van der Waals surface area (Å²) in [7, 11) is 6.25. The number of nitrogens with zero attached hydrogens (tertiary/aromatic N) is 2. The fraction of sp³-hybridized carbons (Fsp3) is 0.107. The molecule has 4 aromatic rings. The Bertz CT molecular complexity index is 1250. The van der Waals surface area contributed by atoms with E-state index in [0.29, 0.717) is 0 Å². The minimum Gasteiger partial charge on any atom is -1.00 e. The average Bonchev–Trinajstić information content (AvgIpc) is 2.80. The quantitative estimate of drug-likeness (QED) is 0.218. The van der Waals surface area contributed by atoms with Gasteiger partial charge in [-0.05, 0) is 93.9 Å². The summed E-state index contributed by atoms with van der Waals surface area (Å²) in [5, 5.41) is 0. The Morgan fingerprint density at radius 1 is 0.758 bits per heavy atom. The molecule has 33 heavy (non-hydrogen) atoms. The van der Waals surface area contributed by atoms with Crippen LogP contribution in [0.25, 0.3) is 34.5 Å². The van der Waals surface area contributed by atoms with Gasteiger partial charge in [-0.1, -0.05) is 40.2 Å². The molecule has 0 saturated carbocycles. The molecule has 0 fully saturated rings. The van der Waals surface area contributed by atoms with E-state index in [2.05, 4.69) is 166 Å². The molecule has 0 spiro atoms. The van der Waals surface area contributed by atoms with Crippen LogP contribution in [0, 0.1) is 3.57 Å². The molecule has 0 atom stereocenters. The second-order valence-corrected chi connectivity index (χ2v) is 10.1. The third-order valence-corrected chi connectivity index (χ3v) is 6.77. The molecular weight excluding hydrogens is 698 g/mol. The highest BCUT2D eigenvalue weighted by atomic mass is 127. The van der Waals surface area contributed by atoms with Gasteiger partial charge < -0.3 is 28.9 Å². The molecule has 0 aliphatic carbocycles. The summed E-state index contributed by atoms with van der Waals surface area (Å²) in [6.45, 7) is 0. The number of anilines is 1. The van der Waals surface area contributed by atoms with E-state index < -0.39 is 0 Å². The lowest BCUT2D eigenvalue weighted by Crippen LogP contribution is -3.00. The van der Waals surface area contributed by atoms with E-state index in [9.17, 15) is 0 Å². The smallest absolute Gasteiger partial charge is 0.213 e. The normalized spacial score (nSPS) is 10.8. The van der Waals surface area contributed by atoms with Crippen molar-refractivity contribution in [3.63, 3.8) is 0 Å². The van der Waals surface area contributed by atoms with Gasteiger partial charge in [0.15, 0.2) is 0 Å². The first kappa shape index (κ1) is 25.9. The third kappa shape index (κ3) is 6.45. The molecule has 1 heterocycles.